The third kappa shape index (κ3) is 2.72. The Morgan fingerprint density at radius 1 is 1.50 bits per heavy atom. The van der Waals surface area contributed by atoms with Crippen LogP contribution in [0.2, 0.25) is 0 Å². The Bertz CT molecular complexity index is 787. The molecule has 9 nitrogen and oxygen atoms in total. The van der Waals surface area contributed by atoms with E-state index in [1.807, 2.05) is 0 Å². The molecule has 2 aromatic rings. The first kappa shape index (κ1) is 14.7. The number of nitrogens with zero attached hydrogens (tertiary/aromatic N) is 5. The highest BCUT2D eigenvalue weighted by atomic mass is 79.9. The van der Waals surface area contributed by atoms with Gasteiger partial charge in [0.25, 0.3) is 5.16 Å². The smallest absolute Gasteiger partial charge is 0.323 e. The van der Waals surface area contributed by atoms with Crippen LogP contribution in [0.15, 0.2) is 15.8 Å². The summed E-state index contributed by atoms with van der Waals surface area (Å²) in [4.78, 5) is 19.8. The quantitative estimate of drug-likeness (QED) is 0.793. The number of sulfone groups is 1. The highest BCUT2D eigenvalue weighted by Gasteiger charge is 2.20. The van der Waals surface area contributed by atoms with Crippen LogP contribution in [0.4, 0.5) is 5.95 Å². The Hall–Kier alpha value is -1.75. The summed E-state index contributed by atoms with van der Waals surface area (Å²) in [6.07, 6.45) is 2.40. The van der Waals surface area contributed by atoms with Crippen molar-refractivity contribution < 1.29 is 18.3 Å². The summed E-state index contributed by atoms with van der Waals surface area (Å²) in [7, 11) is -2.16. The summed E-state index contributed by atoms with van der Waals surface area (Å²) in [5.41, 5.74) is 0.243. The molecule has 2 aromatic heterocycles. The zero-order valence-electron chi connectivity index (χ0n) is 10.5. The molecule has 0 amide bonds. The number of hydrogen-bond donors (Lipinski definition) is 1. The van der Waals surface area contributed by atoms with Gasteiger partial charge in [-0.25, -0.2) is 8.42 Å². The molecule has 0 fully saturated rings. The lowest BCUT2D eigenvalue weighted by molar-refractivity contribution is -0.135. The number of rotatable bonds is 4. The minimum Gasteiger partial charge on any atom is -0.480 e. The van der Waals surface area contributed by atoms with E-state index in [-0.39, 0.29) is 18.1 Å². The van der Waals surface area contributed by atoms with Gasteiger partial charge in [0.1, 0.15) is 6.54 Å². The van der Waals surface area contributed by atoms with Crippen LogP contribution < -0.4 is 4.90 Å². The standard InChI is InChI=1S/C9H10BrN5O4S/c1-14(4-6(16)17)9-13-8(20(2,18)19)12-7-5(10)3-11-15(7)9/h3H,4H2,1-2H3,(H,16,17). The van der Waals surface area contributed by atoms with E-state index in [1.165, 1.54) is 22.7 Å². The highest BCUT2D eigenvalue weighted by Crippen LogP contribution is 2.21. The first-order valence-electron chi connectivity index (χ1n) is 5.24. The number of hydrogen-bond acceptors (Lipinski definition) is 7. The van der Waals surface area contributed by atoms with E-state index in [1.54, 1.807) is 0 Å². The van der Waals surface area contributed by atoms with Crippen LogP contribution >= 0.6 is 15.9 Å². The Morgan fingerprint density at radius 2 is 2.15 bits per heavy atom. The molecular formula is C9H10BrN5O4S. The zero-order valence-corrected chi connectivity index (χ0v) is 12.9. The van der Waals surface area contributed by atoms with Crippen molar-refractivity contribution in [2.45, 2.75) is 5.16 Å². The van der Waals surface area contributed by atoms with Crippen molar-refractivity contribution in [1.82, 2.24) is 19.6 Å². The molecule has 0 aliphatic carbocycles. The summed E-state index contributed by atoms with van der Waals surface area (Å²) in [6, 6.07) is 0. The first-order valence-corrected chi connectivity index (χ1v) is 7.93. The van der Waals surface area contributed by atoms with Crippen LogP contribution in [0.5, 0.6) is 0 Å². The van der Waals surface area contributed by atoms with E-state index in [2.05, 4.69) is 31.0 Å². The van der Waals surface area contributed by atoms with Gasteiger partial charge in [-0.1, -0.05) is 0 Å². The van der Waals surface area contributed by atoms with Gasteiger partial charge in [-0.15, -0.1) is 0 Å². The number of likely N-dealkylation sites (N-methyl/N-ethyl adjacent to an activating group) is 1. The van der Waals surface area contributed by atoms with Gasteiger partial charge in [0, 0.05) is 13.3 Å². The molecule has 0 aromatic carbocycles. The normalized spacial score (nSPS) is 11.8. The third-order valence-corrected chi connectivity index (χ3v) is 3.74. The largest absolute Gasteiger partial charge is 0.480 e. The lowest BCUT2D eigenvalue weighted by atomic mass is 10.6. The summed E-state index contributed by atoms with van der Waals surface area (Å²) in [6.45, 7) is -0.354. The van der Waals surface area contributed by atoms with Gasteiger partial charge in [-0.2, -0.15) is 19.6 Å². The molecule has 0 aliphatic rings. The highest BCUT2D eigenvalue weighted by molar-refractivity contribution is 9.10. The van der Waals surface area contributed by atoms with Crippen LogP contribution in [-0.2, 0) is 14.6 Å². The predicted octanol–water partition coefficient (Wildman–Crippen LogP) is -0.189. The van der Waals surface area contributed by atoms with Crippen molar-refractivity contribution in [3.8, 4) is 0 Å². The van der Waals surface area contributed by atoms with E-state index in [0.29, 0.717) is 4.47 Å². The van der Waals surface area contributed by atoms with E-state index >= 15 is 0 Å². The fourth-order valence-corrected chi connectivity index (χ4v) is 2.35. The van der Waals surface area contributed by atoms with E-state index < -0.39 is 21.0 Å². The predicted molar refractivity (Wildman–Crippen MR) is 72.5 cm³/mol. The molecule has 0 aliphatic heterocycles. The average molecular weight is 364 g/mol. The summed E-state index contributed by atoms with van der Waals surface area (Å²) in [5.74, 6) is -1.00. The number of fused-ring (bicyclic) bond motifs is 1. The number of anilines is 1. The second-order valence-electron chi connectivity index (χ2n) is 4.06. The van der Waals surface area contributed by atoms with Gasteiger partial charge in [-0.05, 0) is 15.9 Å². The van der Waals surface area contributed by atoms with Crippen molar-refractivity contribution >= 4 is 43.3 Å². The molecular weight excluding hydrogens is 354 g/mol. The van der Waals surface area contributed by atoms with Gasteiger partial charge in [-0.3, -0.25) is 4.79 Å². The van der Waals surface area contributed by atoms with Crippen LogP contribution in [0.1, 0.15) is 0 Å². The minimum absolute atomic E-state index is 0.0727. The average Bonchev–Trinajstić information content (AvgIpc) is 2.68. The Labute approximate surface area is 122 Å². The molecule has 0 unspecified atom stereocenters. The number of carboxylic acid groups (broad SMARTS) is 1. The molecule has 2 heterocycles. The number of carboxylic acids is 1. The topological polar surface area (TPSA) is 118 Å². The number of aromatic nitrogens is 4. The fourth-order valence-electron chi connectivity index (χ4n) is 1.50. The number of aliphatic carboxylic acids is 1. The third-order valence-electron chi connectivity index (χ3n) is 2.33. The lowest BCUT2D eigenvalue weighted by Crippen LogP contribution is -2.29. The van der Waals surface area contributed by atoms with Gasteiger partial charge < -0.3 is 10.0 Å². The van der Waals surface area contributed by atoms with E-state index in [0.717, 1.165) is 6.26 Å². The molecule has 0 spiro atoms. The molecule has 0 atom stereocenters. The van der Waals surface area contributed by atoms with Gasteiger partial charge in [0.2, 0.25) is 15.8 Å². The van der Waals surface area contributed by atoms with Gasteiger partial charge >= 0.3 is 5.97 Å². The van der Waals surface area contributed by atoms with Crippen LogP contribution in [0, 0.1) is 0 Å². The SMILES string of the molecule is CN(CC(=O)O)c1nc(S(C)(=O)=O)nc2c(Br)cnn12. The maximum atomic E-state index is 11.6. The molecule has 0 saturated carbocycles. The van der Waals surface area contributed by atoms with Crippen LogP contribution in [-0.4, -0.2) is 58.9 Å². The first-order chi connectivity index (χ1) is 9.20. The van der Waals surface area contributed by atoms with Crippen molar-refractivity contribution in [3.63, 3.8) is 0 Å². The molecule has 0 saturated heterocycles. The van der Waals surface area contributed by atoms with Crippen LogP contribution in [0.3, 0.4) is 0 Å². The Balaban J connectivity index is 2.71. The fraction of sp³-hybridized carbons (Fsp3) is 0.333. The minimum atomic E-state index is -3.63. The lowest BCUT2D eigenvalue weighted by Gasteiger charge is -2.16. The second-order valence-corrected chi connectivity index (χ2v) is 6.82. The molecule has 11 heteroatoms. The summed E-state index contributed by atoms with van der Waals surface area (Å²) >= 11 is 3.20. The van der Waals surface area contributed by atoms with Crippen molar-refractivity contribution in [2.75, 3.05) is 24.7 Å². The van der Waals surface area contributed by atoms with Gasteiger partial charge in [0.05, 0.1) is 10.7 Å². The molecule has 0 radical (unpaired) electrons. The monoisotopic (exact) mass is 363 g/mol. The Kier molecular flexibility index (Phi) is 3.65. The zero-order chi connectivity index (χ0) is 15.1. The van der Waals surface area contributed by atoms with Gasteiger partial charge in [0.15, 0.2) is 5.65 Å². The summed E-state index contributed by atoms with van der Waals surface area (Å²) < 4.78 is 25.0. The van der Waals surface area contributed by atoms with Crippen molar-refractivity contribution in [2.24, 2.45) is 0 Å². The van der Waals surface area contributed by atoms with Crippen LogP contribution in [0.25, 0.3) is 5.65 Å². The number of halogens is 1. The molecule has 2 rings (SSSR count). The van der Waals surface area contributed by atoms with E-state index in [9.17, 15) is 13.2 Å². The molecule has 0 bridgehead atoms. The Morgan fingerprint density at radius 3 is 2.70 bits per heavy atom. The van der Waals surface area contributed by atoms with Crippen molar-refractivity contribution in [1.29, 1.82) is 0 Å². The molecule has 108 valence electrons. The number of carbonyl (C=O) groups is 1. The van der Waals surface area contributed by atoms with E-state index in [4.69, 9.17) is 5.11 Å². The molecule has 20 heavy (non-hydrogen) atoms. The maximum absolute atomic E-state index is 11.6. The van der Waals surface area contributed by atoms with Crippen molar-refractivity contribution in [3.05, 3.63) is 10.7 Å². The maximum Gasteiger partial charge on any atom is 0.323 e. The summed E-state index contributed by atoms with van der Waals surface area (Å²) in [5, 5.41) is 12.4. The molecule has 1 N–H and O–H groups in total. The second kappa shape index (κ2) is 4.98.